The second-order valence-electron chi connectivity index (χ2n) is 34.1. The lowest BCUT2D eigenvalue weighted by Gasteiger charge is -2.40. The summed E-state index contributed by atoms with van der Waals surface area (Å²) in [6, 6.07) is 0. The Kier molecular flexibility index (Phi) is 58.9. The van der Waals surface area contributed by atoms with Crippen LogP contribution in [-0.4, -0.2) is 173 Å². The van der Waals surface area contributed by atoms with E-state index in [1.54, 1.807) is 0 Å². The third kappa shape index (κ3) is 52.9. The van der Waals surface area contributed by atoms with Crippen LogP contribution < -0.4 is 0 Å². The van der Waals surface area contributed by atoms with Crippen LogP contribution in [0, 0.1) is 70.5 Å². The molecule has 2 aliphatic carbocycles. The smallest absolute Gasteiger partial charge is 0.0110 e. The fourth-order valence-electron chi connectivity index (χ4n) is 14.2. The molecule has 0 aromatic heterocycles. The highest BCUT2D eigenvalue weighted by molar-refractivity contribution is 4.83. The third-order valence-electron chi connectivity index (χ3n) is 21.6. The van der Waals surface area contributed by atoms with Crippen molar-refractivity contribution >= 4 is 0 Å². The minimum absolute atomic E-state index is 0. The summed E-state index contributed by atoms with van der Waals surface area (Å²) in [6.45, 7) is 67.2. The van der Waals surface area contributed by atoms with Gasteiger partial charge in [0.15, 0.2) is 0 Å². The maximum absolute atomic E-state index is 2.61. The molecule has 8 rings (SSSR count). The average Bonchev–Trinajstić information content (AvgIpc) is 1.80. The second kappa shape index (κ2) is 57.8. The maximum Gasteiger partial charge on any atom is 0.0110 e. The van der Waals surface area contributed by atoms with Gasteiger partial charge in [0.1, 0.15) is 0 Å². The van der Waals surface area contributed by atoms with Crippen molar-refractivity contribution in [1.29, 1.82) is 0 Å². The first-order chi connectivity index (χ1) is 41.9. The molecule has 7 nitrogen and oxygen atoms in total. The van der Waals surface area contributed by atoms with E-state index in [2.05, 4.69) is 173 Å². The Balaban J connectivity index is 0. The predicted molar refractivity (Wildman–Crippen MR) is 412 cm³/mol. The summed E-state index contributed by atoms with van der Waals surface area (Å²) >= 11 is 0. The van der Waals surface area contributed by atoms with E-state index in [-0.39, 0.29) is 14.9 Å². The monoisotopic (exact) mass is 1270 g/mol. The van der Waals surface area contributed by atoms with Crippen molar-refractivity contribution < 1.29 is 0 Å². The first-order valence-corrected chi connectivity index (χ1v) is 39.8. The fourth-order valence-corrected chi connectivity index (χ4v) is 14.2. The van der Waals surface area contributed by atoms with E-state index in [0.717, 1.165) is 65.1 Å². The van der Waals surface area contributed by atoms with E-state index in [1.807, 2.05) is 0 Å². The molecule has 2 saturated carbocycles. The van der Waals surface area contributed by atoms with Gasteiger partial charge in [-0.3, -0.25) is 0 Å². The minimum Gasteiger partial charge on any atom is -0.306 e. The van der Waals surface area contributed by atoms with Crippen molar-refractivity contribution in [3.8, 4) is 0 Å². The van der Waals surface area contributed by atoms with Gasteiger partial charge in [0.25, 0.3) is 0 Å². The Morgan fingerprint density at radius 2 is 0.500 bits per heavy atom. The van der Waals surface area contributed by atoms with Crippen molar-refractivity contribution in [3.05, 3.63) is 0 Å². The molecule has 7 heteroatoms. The molecule has 90 heavy (non-hydrogen) atoms. The van der Waals surface area contributed by atoms with Crippen LogP contribution in [0.1, 0.15) is 332 Å². The van der Waals surface area contributed by atoms with Crippen molar-refractivity contribution in [1.82, 2.24) is 34.3 Å². The first kappa shape index (κ1) is 91.8. The number of rotatable bonds is 21. The predicted octanol–water partition coefficient (Wildman–Crippen LogP) is 22.5. The fraction of sp³-hybridized carbons (Fsp3) is 1.00. The van der Waals surface area contributed by atoms with Crippen LogP contribution in [0.25, 0.3) is 0 Å². The van der Waals surface area contributed by atoms with Gasteiger partial charge in [0.2, 0.25) is 0 Å². The average molecular weight is 1270 g/mol. The lowest BCUT2D eigenvalue weighted by molar-refractivity contribution is 0.102. The van der Waals surface area contributed by atoms with Crippen LogP contribution in [0.3, 0.4) is 0 Å². The molecule has 0 atom stereocenters. The Morgan fingerprint density at radius 3 is 0.767 bits per heavy atom. The van der Waals surface area contributed by atoms with Crippen LogP contribution in [-0.2, 0) is 0 Å². The summed E-state index contributed by atoms with van der Waals surface area (Å²) in [6.07, 6.45) is 43.3. The molecule has 6 aliphatic heterocycles. The highest BCUT2D eigenvalue weighted by Gasteiger charge is 2.33. The number of piperazine rings is 1. The van der Waals surface area contributed by atoms with Gasteiger partial charge in [-0.05, 0) is 305 Å². The zero-order valence-electron chi connectivity index (χ0n) is 64.6. The minimum atomic E-state index is 0. The number of likely N-dealkylation sites (N-methyl/N-ethyl adjacent to an activating group) is 1. The normalized spacial score (nSPS) is 21.1. The second-order valence-corrected chi connectivity index (χ2v) is 34.1. The molecule has 544 valence electrons. The third-order valence-corrected chi connectivity index (χ3v) is 21.6. The zero-order valence-corrected chi connectivity index (χ0v) is 64.6. The van der Waals surface area contributed by atoms with Crippen LogP contribution in [0.15, 0.2) is 0 Å². The van der Waals surface area contributed by atoms with Gasteiger partial charge in [0, 0.05) is 26.2 Å². The molecule has 0 radical (unpaired) electrons. The Morgan fingerprint density at radius 1 is 0.267 bits per heavy atom. The zero-order chi connectivity index (χ0) is 65.5. The summed E-state index contributed by atoms with van der Waals surface area (Å²) < 4.78 is 0. The number of hydrogen-bond acceptors (Lipinski definition) is 7. The van der Waals surface area contributed by atoms with Crippen LogP contribution in [0.4, 0.5) is 0 Å². The number of hydrogen-bond donors (Lipinski definition) is 0. The Labute approximate surface area is 572 Å². The molecule has 0 aromatic rings. The largest absolute Gasteiger partial charge is 0.306 e. The summed E-state index contributed by atoms with van der Waals surface area (Å²) in [4.78, 5) is 17.9. The van der Waals surface area contributed by atoms with E-state index in [0.29, 0.717) is 5.41 Å². The van der Waals surface area contributed by atoms with Gasteiger partial charge in [-0.25, -0.2) is 0 Å². The van der Waals surface area contributed by atoms with Crippen LogP contribution in [0.5, 0.6) is 0 Å². The SMILES string of the molecule is C.C.CC(C)C(C)(C)C1CCCCC1.CC(C)CC1CCCCC1.CC(C)CC1CCN(C)CC1.CC(C)CCN1CCCC1.CC(C)CCN1CCCCC1.CC(C)CCN1CCCCC1.CC(C)CCN1CCCCC1.CC(C)CCN1CCN(C)CC1. The van der Waals surface area contributed by atoms with Crippen molar-refractivity contribution in [2.75, 3.05) is 138 Å². The number of likely N-dealkylation sites (tertiary alicyclic amines) is 5. The Bertz CT molecular complexity index is 1380. The topological polar surface area (TPSA) is 22.7 Å². The molecule has 0 aromatic carbocycles. The molecular weight excluding hydrogens is 1090 g/mol. The molecule has 6 saturated heterocycles. The highest BCUT2D eigenvalue weighted by atomic mass is 15.2. The van der Waals surface area contributed by atoms with Crippen LogP contribution >= 0.6 is 0 Å². The number of piperidine rings is 4. The van der Waals surface area contributed by atoms with E-state index in [1.165, 1.54) is 317 Å². The van der Waals surface area contributed by atoms with E-state index >= 15 is 0 Å². The van der Waals surface area contributed by atoms with Gasteiger partial charge in [-0.1, -0.05) is 210 Å². The molecule has 8 fully saturated rings. The molecule has 8 aliphatic rings. The summed E-state index contributed by atoms with van der Waals surface area (Å²) in [5.41, 5.74) is 0.570. The quantitative estimate of drug-likeness (QED) is 0.113. The molecule has 0 amide bonds. The van der Waals surface area contributed by atoms with Crippen molar-refractivity contribution in [2.45, 2.75) is 332 Å². The Hall–Kier alpha value is -0.280. The maximum atomic E-state index is 2.61. The van der Waals surface area contributed by atoms with E-state index in [4.69, 9.17) is 0 Å². The number of nitrogens with zero attached hydrogens (tertiary/aromatic N) is 7. The van der Waals surface area contributed by atoms with Gasteiger partial charge >= 0.3 is 0 Å². The molecule has 0 bridgehead atoms. The van der Waals surface area contributed by atoms with Gasteiger partial charge in [-0.15, -0.1) is 0 Å². The molecule has 0 unspecified atom stereocenters. The van der Waals surface area contributed by atoms with Crippen molar-refractivity contribution in [2.24, 2.45) is 70.5 Å². The van der Waals surface area contributed by atoms with E-state index < -0.39 is 0 Å². The highest BCUT2D eigenvalue weighted by Crippen LogP contribution is 2.43. The molecule has 6 heterocycles. The summed E-state index contributed by atoms with van der Waals surface area (Å²) in [5.74, 6) is 10.1. The lowest BCUT2D eigenvalue weighted by Crippen LogP contribution is -2.44. The van der Waals surface area contributed by atoms with Gasteiger partial charge in [-0.2, -0.15) is 0 Å². The first-order valence-electron chi connectivity index (χ1n) is 39.8. The standard InChI is InChI=1S/C12H24.C10H22N2.4C10H21N.C10H20.C9H19N.2CH4/c1-10(2)12(3,4)11-8-6-5-7-9-11;1-10(2)4-5-12-8-6-11(3)7-9-12;1-9(2)8-10-4-6-11(3)7-5-10;3*1-10(2)6-9-11-7-4-3-5-8-11;1-9(2)8-10-6-4-3-5-7-10;1-9(2)5-8-10-6-3-4-7-10;;/h10-11H,5-9H2,1-4H3;10H,4-9H2,1-3H3;9-10H,4-8H2,1-3H3;3*10H,3-9H2,1-2H3;9-10H,3-8H2,1-2H3;9H,3-8H2,1-2H3;2*1H4. The molecule has 0 N–H and O–H groups in total. The van der Waals surface area contributed by atoms with Crippen molar-refractivity contribution in [3.63, 3.8) is 0 Å². The van der Waals surface area contributed by atoms with Gasteiger partial charge in [0.05, 0.1) is 0 Å². The van der Waals surface area contributed by atoms with Gasteiger partial charge < -0.3 is 34.3 Å². The molecule has 0 spiro atoms. The summed E-state index contributed by atoms with van der Waals surface area (Å²) in [5, 5.41) is 0. The summed E-state index contributed by atoms with van der Waals surface area (Å²) in [7, 11) is 4.44. The van der Waals surface area contributed by atoms with Crippen LogP contribution in [0.2, 0.25) is 0 Å². The molecular formula is C83H177N7. The van der Waals surface area contributed by atoms with E-state index in [9.17, 15) is 0 Å². The lowest BCUT2D eigenvalue weighted by atomic mass is 9.65.